The average molecular weight is 353 g/mol. The van der Waals surface area contributed by atoms with Crippen molar-refractivity contribution in [3.8, 4) is 5.75 Å². The molecular formula is C18H27NO4S. The first kappa shape index (κ1) is 18.8. The van der Waals surface area contributed by atoms with E-state index >= 15 is 0 Å². The minimum atomic E-state index is -3.42. The van der Waals surface area contributed by atoms with Crippen molar-refractivity contribution in [2.24, 2.45) is 5.92 Å². The van der Waals surface area contributed by atoms with Crippen LogP contribution in [0, 0.1) is 5.92 Å². The van der Waals surface area contributed by atoms with Gasteiger partial charge < -0.3 is 9.64 Å². The topological polar surface area (TPSA) is 63.7 Å². The molecule has 1 aliphatic rings. The number of carbonyl (C=O) groups excluding carboxylic acids is 1. The molecule has 24 heavy (non-hydrogen) atoms. The lowest BCUT2D eigenvalue weighted by Crippen LogP contribution is -2.52. The molecule has 0 bridgehead atoms. The summed E-state index contributed by atoms with van der Waals surface area (Å²) in [6.45, 7) is 4.24. The van der Waals surface area contributed by atoms with Crippen molar-refractivity contribution in [2.45, 2.75) is 37.9 Å². The number of benzene rings is 1. The highest BCUT2D eigenvalue weighted by molar-refractivity contribution is 7.92. The van der Waals surface area contributed by atoms with E-state index in [9.17, 15) is 13.2 Å². The van der Waals surface area contributed by atoms with Gasteiger partial charge in [0.15, 0.2) is 9.84 Å². The van der Waals surface area contributed by atoms with Gasteiger partial charge in [0.05, 0.1) is 7.11 Å². The molecule has 1 aromatic carbocycles. The Bertz CT molecular complexity index is 671. The first-order valence-electron chi connectivity index (χ1n) is 8.27. The van der Waals surface area contributed by atoms with Gasteiger partial charge in [-0.1, -0.05) is 12.1 Å². The van der Waals surface area contributed by atoms with Crippen LogP contribution in [-0.2, 0) is 21.1 Å². The summed E-state index contributed by atoms with van der Waals surface area (Å²) < 4.78 is 27.5. The molecule has 0 atom stereocenters. The molecule has 0 radical (unpaired) electrons. The monoisotopic (exact) mass is 353 g/mol. The van der Waals surface area contributed by atoms with Gasteiger partial charge in [-0.25, -0.2) is 8.42 Å². The Morgan fingerprint density at radius 1 is 1.21 bits per heavy atom. The summed E-state index contributed by atoms with van der Waals surface area (Å²) in [6.07, 6.45) is 3.90. The van der Waals surface area contributed by atoms with E-state index in [2.05, 4.69) is 12.1 Å². The van der Waals surface area contributed by atoms with Gasteiger partial charge in [0.2, 0.25) is 5.91 Å². The minimum absolute atomic E-state index is 0.284. The Morgan fingerprint density at radius 3 is 2.21 bits per heavy atom. The second-order valence-electron chi connectivity index (χ2n) is 7.07. The number of sulfone groups is 1. The molecule has 0 aliphatic carbocycles. The molecule has 0 N–H and O–H groups in total. The van der Waals surface area contributed by atoms with Gasteiger partial charge in [-0.2, -0.15) is 0 Å². The molecule has 1 aliphatic heterocycles. The zero-order valence-electron chi connectivity index (χ0n) is 14.9. The number of likely N-dealkylation sites (tertiary alicyclic amines) is 1. The van der Waals surface area contributed by atoms with Crippen LogP contribution in [0.5, 0.6) is 5.75 Å². The number of rotatable bonds is 5. The summed E-state index contributed by atoms with van der Waals surface area (Å²) in [7, 11) is -1.77. The van der Waals surface area contributed by atoms with Gasteiger partial charge in [-0.05, 0) is 56.7 Å². The van der Waals surface area contributed by atoms with Crippen LogP contribution in [-0.4, -0.2) is 50.4 Å². The molecule has 0 unspecified atom stereocenters. The van der Waals surface area contributed by atoms with Crippen molar-refractivity contribution in [3.05, 3.63) is 29.8 Å². The van der Waals surface area contributed by atoms with Crippen molar-refractivity contribution in [1.82, 2.24) is 4.90 Å². The van der Waals surface area contributed by atoms with Gasteiger partial charge in [-0.3, -0.25) is 4.79 Å². The highest BCUT2D eigenvalue weighted by atomic mass is 32.2. The van der Waals surface area contributed by atoms with Gasteiger partial charge >= 0.3 is 0 Å². The lowest BCUT2D eigenvalue weighted by molar-refractivity contribution is -0.134. The van der Waals surface area contributed by atoms with Gasteiger partial charge in [0, 0.05) is 19.3 Å². The molecule has 0 aromatic heterocycles. The Hall–Kier alpha value is -1.56. The van der Waals surface area contributed by atoms with Gasteiger partial charge in [0.25, 0.3) is 0 Å². The van der Waals surface area contributed by atoms with Crippen molar-refractivity contribution < 1.29 is 17.9 Å². The number of carbonyl (C=O) groups is 1. The van der Waals surface area contributed by atoms with Crippen LogP contribution in [0.25, 0.3) is 0 Å². The van der Waals surface area contributed by atoms with Crippen molar-refractivity contribution in [2.75, 3.05) is 26.5 Å². The fourth-order valence-corrected chi connectivity index (χ4v) is 3.42. The number of methoxy groups -OCH3 is 1. The third kappa shape index (κ3) is 4.09. The number of nitrogens with zero attached hydrogens (tertiary/aromatic N) is 1. The third-order valence-corrected chi connectivity index (χ3v) is 7.06. The average Bonchev–Trinajstić information content (AvgIpc) is 2.54. The third-order valence-electron chi connectivity index (χ3n) is 5.03. The predicted octanol–water partition coefficient (Wildman–Crippen LogP) is 2.30. The summed E-state index contributed by atoms with van der Waals surface area (Å²) in [5.74, 6) is 1.08. The maximum atomic E-state index is 12.5. The normalized spacial score (nSPS) is 16.9. The molecule has 1 fully saturated rings. The number of hydrogen-bond donors (Lipinski definition) is 0. The van der Waals surface area contributed by atoms with E-state index in [-0.39, 0.29) is 5.91 Å². The maximum Gasteiger partial charge on any atom is 0.243 e. The number of hydrogen-bond acceptors (Lipinski definition) is 4. The predicted molar refractivity (Wildman–Crippen MR) is 94.9 cm³/mol. The molecule has 1 amide bonds. The molecular weight excluding hydrogens is 326 g/mol. The van der Waals surface area contributed by atoms with Crippen molar-refractivity contribution >= 4 is 15.7 Å². The van der Waals surface area contributed by atoms with Crippen LogP contribution < -0.4 is 4.74 Å². The van der Waals surface area contributed by atoms with E-state index in [1.807, 2.05) is 12.1 Å². The van der Waals surface area contributed by atoms with E-state index in [0.717, 1.165) is 31.3 Å². The van der Waals surface area contributed by atoms with Crippen LogP contribution in [0.1, 0.15) is 32.3 Å². The SMILES string of the molecule is COc1ccc(CC2CCN(C(=O)C(C)(C)S(C)(=O)=O)CC2)cc1. The Kier molecular flexibility index (Phi) is 5.58. The fraction of sp³-hybridized carbons (Fsp3) is 0.611. The second kappa shape index (κ2) is 7.13. The number of amides is 1. The fourth-order valence-electron chi connectivity index (χ4n) is 2.97. The molecule has 5 nitrogen and oxygen atoms in total. The summed E-state index contributed by atoms with van der Waals surface area (Å²) in [5, 5.41) is 0. The highest BCUT2D eigenvalue weighted by Crippen LogP contribution is 2.26. The summed E-state index contributed by atoms with van der Waals surface area (Å²) in [4.78, 5) is 14.2. The van der Waals surface area contributed by atoms with E-state index in [1.54, 1.807) is 12.0 Å². The molecule has 134 valence electrons. The van der Waals surface area contributed by atoms with Crippen molar-refractivity contribution in [3.63, 3.8) is 0 Å². The molecule has 0 saturated carbocycles. The molecule has 0 spiro atoms. The highest BCUT2D eigenvalue weighted by Gasteiger charge is 2.42. The Morgan fingerprint density at radius 2 is 1.75 bits per heavy atom. The summed E-state index contributed by atoms with van der Waals surface area (Å²) >= 11 is 0. The van der Waals surface area contributed by atoms with E-state index in [1.165, 1.54) is 19.4 Å². The van der Waals surface area contributed by atoms with Crippen LogP contribution in [0.2, 0.25) is 0 Å². The van der Waals surface area contributed by atoms with E-state index in [4.69, 9.17) is 4.74 Å². The number of ether oxygens (including phenoxy) is 1. The van der Waals surface area contributed by atoms with E-state index < -0.39 is 14.6 Å². The summed E-state index contributed by atoms with van der Waals surface area (Å²) in [5.41, 5.74) is 1.26. The van der Waals surface area contributed by atoms with Crippen LogP contribution in [0.3, 0.4) is 0 Å². The molecule has 1 aromatic rings. The van der Waals surface area contributed by atoms with Gasteiger partial charge in [-0.15, -0.1) is 0 Å². The van der Waals surface area contributed by atoms with Crippen LogP contribution >= 0.6 is 0 Å². The second-order valence-corrected chi connectivity index (χ2v) is 9.64. The van der Waals surface area contributed by atoms with Gasteiger partial charge in [0.1, 0.15) is 10.5 Å². The molecule has 1 heterocycles. The van der Waals surface area contributed by atoms with E-state index in [0.29, 0.717) is 19.0 Å². The largest absolute Gasteiger partial charge is 0.497 e. The summed E-state index contributed by atoms with van der Waals surface area (Å²) in [6, 6.07) is 8.07. The lowest BCUT2D eigenvalue weighted by atomic mass is 9.89. The minimum Gasteiger partial charge on any atom is -0.497 e. The molecule has 2 rings (SSSR count). The molecule has 6 heteroatoms. The quantitative estimate of drug-likeness (QED) is 0.815. The Labute approximate surface area is 144 Å². The van der Waals surface area contributed by atoms with Crippen molar-refractivity contribution in [1.29, 1.82) is 0 Å². The van der Waals surface area contributed by atoms with Crippen LogP contribution in [0.4, 0.5) is 0 Å². The zero-order chi connectivity index (χ0) is 18.0. The zero-order valence-corrected chi connectivity index (χ0v) is 15.7. The smallest absolute Gasteiger partial charge is 0.243 e. The Balaban J connectivity index is 1.92. The van der Waals surface area contributed by atoms with Crippen LogP contribution in [0.15, 0.2) is 24.3 Å². The standard InChI is InChI=1S/C18H27NO4S/c1-18(2,24(4,21)22)17(20)19-11-9-15(10-12-19)13-14-5-7-16(23-3)8-6-14/h5-8,15H,9-13H2,1-4H3. The molecule has 1 saturated heterocycles. The lowest BCUT2D eigenvalue weighted by Gasteiger charge is -2.36. The first-order valence-corrected chi connectivity index (χ1v) is 10.2. The first-order chi connectivity index (χ1) is 11.1. The number of piperidine rings is 1. The maximum absolute atomic E-state index is 12.5.